The maximum Gasteiger partial charge on any atom is 0.411 e. The first-order chi connectivity index (χ1) is 15.4. The van der Waals surface area contributed by atoms with Crippen LogP contribution < -0.4 is 15.4 Å². The highest BCUT2D eigenvalue weighted by atomic mass is 35.5. The van der Waals surface area contributed by atoms with Crippen LogP contribution in [0, 0.1) is 0 Å². The Morgan fingerprint density at radius 3 is 2.53 bits per heavy atom. The van der Waals surface area contributed by atoms with Crippen molar-refractivity contribution >= 4 is 68.5 Å². The fourth-order valence-corrected chi connectivity index (χ4v) is 3.74. The lowest BCUT2D eigenvalue weighted by molar-refractivity contribution is 0.102. The van der Waals surface area contributed by atoms with Crippen molar-refractivity contribution < 1.29 is 23.5 Å². The average Bonchev–Trinajstić information content (AvgIpc) is 3.15. The fraction of sp³-hybridized carbons (Fsp3) is 0.136. The number of furan rings is 1. The molecule has 0 atom stereocenters. The van der Waals surface area contributed by atoms with Gasteiger partial charge in [0.15, 0.2) is 11.3 Å². The zero-order chi connectivity index (χ0) is 22.8. The van der Waals surface area contributed by atoms with E-state index < -0.39 is 12.0 Å². The number of anilines is 2. The lowest BCUT2D eigenvalue weighted by Crippen LogP contribution is -2.13. The molecular weight excluding hydrogens is 457 g/mol. The number of hydrogen-bond donors (Lipinski definition) is 2. The van der Waals surface area contributed by atoms with Gasteiger partial charge in [-0.05, 0) is 37.3 Å². The molecule has 4 rings (SSSR count). The zero-order valence-corrected chi connectivity index (χ0v) is 18.5. The summed E-state index contributed by atoms with van der Waals surface area (Å²) in [6, 6.07) is 8.30. The van der Waals surface area contributed by atoms with Crippen LogP contribution in [0.15, 0.2) is 47.1 Å². The molecule has 0 unspecified atom stereocenters. The summed E-state index contributed by atoms with van der Waals surface area (Å²) in [5, 5.41) is 6.88. The number of pyridine rings is 1. The van der Waals surface area contributed by atoms with Gasteiger partial charge in [0, 0.05) is 28.9 Å². The van der Waals surface area contributed by atoms with E-state index in [4.69, 9.17) is 37.1 Å². The van der Waals surface area contributed by atoms with Crippen LogP contribution in [0.4, 0.5) is 16.2 Å². The van der Waals surface area contributed by atoms with E-state index in [0.29, 0.717) is 38.9 Å². The van der Waals surface area contributed by atoms with Crippen molar-refractivity contribution in [1.82, 2.24) is 4.98 Å². The number of methoxy groups -OCH3 is 1. The first kappa shape index (κ1) is 21.7. The predicted octanol–water partition coefficient (Wildman–Crippen LogP) is 6.12. The largest absolute Gasteiger partial charge is 0.493 e. The molecule has 0 fully saturated rings. The molecule has 10 heteroatoms. The van der Waals surface area contributed by atoms with Crippen molar-refractivity contribution in [2.75, 3.05) is 24.4 Å². The smallest absolute Gasteiger partial charge is 0.411 e. The number of nitrogens with zero attached hydrogens (tertiary/aromatic N) is 1. The molecule has 2 heterocycles. The highest BCUT2D eigenvalue weighted by Crippen LogP contribution is 2.39. The standard InChI is InChI=1S/C22H17Cl2N3O5/c1-3-31-22(29)26-11-4-6-16-13(8-11)18-12(5-7-17(30-2)20(18)32-16)21(28)27-19-14(23)9-25-10-15(19)24/h4-10H,3H2,1-2H3,(H,26,29)(H,25,27,28). The maximum atomic E-state index is 13.2. The van der Waals surface area contributed by atoms with Crippen LogP contribution in [-0.2, 0) is 4.74 Å². The second-order valence-electron chi connectivity index (χ2n) is 6.61. The first-order valence-electron chi connectivity index (χ1n) is 9.50. The fourth-order valence-electron chi connectivity index (χ4n) is 3.28. The number of carbonyl (C=O) groups excluding carboxylic acids is 2. The molecule has 0 saturated heterocycles. The molecule has 2 aromatic carbocycles. The number of halogens is 2. The van der Waals surface area contributed by atoms with Crippen molar-refractivity contribution in [1.29, 1.82) is 0 Å². The third-order valence-corrected chi connectivity index (χ3v) is 5.23. The third kappa shape index (κ3) is 4.02. The predicted molar refractivity (Wildman–Crippen MR) is 123 cm³/mol. The summed E-state index contributed by atoms with van der Waals surface area (Å²) in [4.78, 5) is 28.9. The summed E-state index contributed by atoms with van der Waals surface area (Å²) < 4.78 is 16.3. The van der Waals surface area contributed by atoms with Crippen LogP contribution >= 0.6 is 23.2 Å². The summed E-state index contributed by atoms with van der Waals surface area (Å²) in [6.45, 7) is 1.95. The third-order valence-electron chi connectivity index (χ3n) is 4.66. The second kappa shape index (κ2) is 8.94. The topological polar surface area (TPSA) is 103 Å². The number of amides is 2. The molecule has 2 aromatic heterocycles. The van der Waals surface area contributed by atoms with Gasteiger partial charge in [0.05, 0.1) is 35.0 Å². The summed E-state index contributed by atoms with van der Waals surface area (Å²) in [5.74, 6) is -0.00765. The number of rotatable bonds is 5. The normalized spacial score (nSPS) is 10.9. The molecule has 4 aromatic rings. The van der Waals surface area contributed by atoms with E-state index in [-0.39, 0.29) is 22.3 Å². The van der Waals surface area contributed by atoms with Gasteiger partial charge in [-0.25, -0.2) is 4.79 Å². The molecular formula is C22H17Cl2N3O5. The van der Waals surface area contributed by atoms with E-state index in [1.165, 1.54) is 19.5 Å². The Kier molecular flexibility index (Phi) is 6.07. The molecule has 164 valence electrons. The van der Waals surface area contributed by atoms with Crippen molar-refractivity contribution in [3.8, 4) is 5.75 Å². The van der Waals surface area contributed by atoms with Crippen molar-refractivity contribution in [3.63, 3.8) is 0 Å². The summed E-state index contributed by atoms with van der Waals surface area (Å²) in [5.41, 5.74) is 1.92. The monoisotopic (exact) mass is 473 g/mol. The van der Waals surface area contributed by atoms with Gasteiger partial charge in [-0.1, -0.05) is 23.2 Å². The first-order valence-corrected chi connectivity index (χ1v) is 10.3. The number of hydrogen-bond acceptors (Lipinski definition) is 6. The minimum Gasteiger partial charge on any atom is -0.493 e. The van der Waals surface area contributed by atoms with Gasteiger partial charge in [0.2, 0.25) is 0 Å². The molecule has 0 radical (unpaired) electrons. The Hall–Kier alpha value is -3.49. The van der Waals surface area contributed by atoms with Crippen molar-refractivity contribution in [3.05, 3.63) is 58.3 Å². The zero-order valence-electron chi connectivity index (χ0n) is 17.0. The number of fused-ring (bicyclic) bond motifs is 3. The van der Waals surface area contributed by atoms with Gasteiger partial charge >= 0.3 is 6.09 Å². The summed E-state index contributed by atoms with van der Waals surface area (Å²) >= 11 is 12.3. The van der Waals surface area contributed by atoms with Crippen molar-refractivity contribution in [2.45, 2.75) is 6.92 Å². The molecule has 0 aliphatic rings. The number of ether oxygens (including phenoxy) is 2. The van der Waals surface area contributed by atoms with Gasteiger partial charge in [-0.15, -0.1) is 0 Å². The number of carbonyl (C=O) groups is 2. The Bertz CT molecular complexity index is 1330. The number of nitrogens with one attached hydrogen (secondary N) is 2. The molecule has 0 aliphatic heterocycles. The Balaban J connectivity index is 1.84. The quantitative estimate of drug-likeness (QED) is 0.362. The second-order valence-corrected chi connectivity index (χ2v) is 7.42. The van der Waals surface area contributed by atoms with Crippen LogP contribution in [0.3, 0.4) is 0 Å². The molecule has 2 amide bonds. The van der Waals surface area contributed by atoms with Crippen LogP contribution in [0.25, 0.3) is 21.9 Å². The molecule has 0 bridgehead atoms. The molecule has 32 heavy (non-hydrogen) atoms. The average molecular weight is 474 g/mol. The minimum atomic E-state index is -0.586. The lowest BCUT2D eigenvalue weighted by Gasteiger charge is -2.10. The maximum absolute atomic E-state index is 13.2. The van der Waals surface area contributed by atoms with Gasteiger partial charge in [-0.2, -0.15) is 0 Å². The van der Waals surface area contributed by atoms with Gasteiger partial charge in [0.1, 0.15) is 5.58 Å². The van der Waals surface area contributed by atoms with E-state index in [0.717, 1.165) is 0 Å². The molecule has 8 nitrogen and oxygen atoms in total. The molecule has 0 spiro atoms. The van der Waals surface area contributed by atoms with Crippen molar-refractivity contribution in [2.24, 2.45) is 0 Å². The van der Waals surface area contributed by atoms with E-state index in [9.17, 15) is 9.59 Å². The van der Waals surface area contributed by atoms with Gasteiger partial charge < -0.3 is 19.2 Å². The van der Waals surface area contributed by atoms with Gasteiger partial charge in [0.25, 0.3) is 5.91 Å². The highest BCUT2D eigenvalue weighted by molar-refractivity contribution is 6.40. The highest BCUT2D eigenvalue weighted by Gasteiger charge is 2.21. The SMILES string of the molecule is CCOC(=O)Nc1ccc2oc3c(OC)ccc(C(=O)Nc4c(Cl)cncc4Cl)c3c2c1. The van der Waals surface area contributed by atoms with Crippen LogP contribution in [0.5, 0.6) is 5.75 Å². The van der Waals surface area contributed by atoms with Crippen LogP contribution in [0.1, 0.15) is 17.3 Å². The molecule has 0 saturated carbocycles. The van der Waals surface area contributed by atoms with E-state index in [1.807, 2.05) is 0 Å². The minimum absolute atomic E-state index is 0.202. The van der Waals surface area contributed by atoms with Crippen LogP contribution in [0.2, 0.25) is 10.0 Å². The Morgan fingerprint density at radius 1 is 1.09 bits per heavy atom. The Labute approximate surface area is 192 Å². The summed E-state index contributed by atoms with van der Waals surface area (Å²) in [6.07, 6.45) is 2.18. The van der Waals surface area contributed by atoms with E-state index in [1.54, 1.807) is 37.3 Å². The summed E-state index contributed by atoms with van der Waals surface area (Å²) in [7, 11) is 1.51. The van der Waals surface area contributed by atoms with Gasteiger partial charge in [-0.3, -0.25) is 15.1 Å². The number of benzene rings is 2. The molecule has 0 aliphatic carbocycles. The Morgan fingerprint density at radius 2 is 1.84 bits per heavy atom. The van der Waals surface area contributed by atoms with Crippen LogP contribution in [-0.4, -0.2) is 30.7 Å². The number of aromatic nitrogens is 1. The molecule has 2 N–H and O–H groups in total. The lowest BCUT2D eigenvalue weighted by atomic mass is 10.0. The van der Waals surface area contributed by atoms with E-state index in [2.05, 4.69) is 15.6 Å². The van der Waals surface area contributed by atoms with E-state index >= 15 is 0 Å².